The van der Waals surface area contributed by atoms with Gasteiger partial charge in [0, 0.05) is 12.7 Å². The number of hydrogen-bond donors (Lipinski definition) is 1. The molecule has 3 nitrogen and oxygen atoms in total. The second-order valence-electron chi connectivity index (χ2n) is 4.33. The first kappa shape index (κ1) is 18.4. The summed E-state index contributed by atoms with van der Waals surface area (Å²) >= 11 is 17.3. The van der Waals surface area contributed by atoms with Gasteiger partial charge in [-0.15, -0.1) is 0 Å². The summed E-state index contributed by atoms with van der Waals surface area (Å²) in [6.45, 7) is 2.99. The maximum Gasteiger partial charge on any atom is 0.141 e. The van der Waals surface area contributed by atoms with Crippen molar-refractivity contribution in [1.29, 1.82) is 0 Å². The fraction of sp³-hybridized carbons (Fsp3) is 0.467. The van der Waals surface area contributed by atoms with Gasteiger partial charge in [0.1, 0.15) is 22.6 Å². The van der Waals surface area contributed by atoms with Crippen molar-refractivity contribution >= 4 is 34.8 Å². The molecule has 1 rings (SSSR count). The van der Waals surface area contributed by atoms with Crippen LogP contribution in [-0.2, 0) is 6.42 Å². The molecule has 1 N–H and O–H groups in total. The highest BCUT2D eigenvalue weighted by atomic mass is 35.5. The van der Waals surface area contributed by atoms with Gasteiger partial charge in [0.25, 0.3) is 0 Å². The molecule has 6 heteroatoms. The molecule has 1 aromatic carbocycles. The van der Waals surface area contributed by atoms with Crippen molar-refractivity contribution in [1.82, 2.24) is 0 Å². The minimum absolute atomic E-state index is 0.167. The zero-order valence-corrected chi connectivity index (χ0v) is 14.1. The molecule has 0 aliphatic heterocycles. The van der Waals surface area contributed by atoms with E-state index in [0.29, 0.717) is 29.5 Å². The van der Waals surface area contributed by atoms with Gasteiger partial charge in [-0.2, -0.15) is 0 Å². The third-order valence-electron chi connectivity index (χ3n) is 2.76. The zero-order valence-electron chi connectivity index (χ0n) is 11.9. The van der Waals surface area contributed by atoms with Crippen molar-refractivity contribution in [2.45, 2.75) is 26.2 Å². The summed E-state index contributed by atoms with van der Waals surface area (Å²) in [5.41, 5.74) is 0.974. The van der Waals surface area contributed by atoms with Gasteiger partial charge < -0.3 is 14.6 Å². The summed E-state index contributed by atoms with van der Waals surface area (Å²) < 4.78 is 11.4. The highest BCUT2D eigenvalue weighted by molar-refractivity contribution is 6.55. The Hall–Kier alpha value is -0.610. The van der Waals surface area contributed by atoms with Crippen molar-refractivity contribution in [3.63, 3.8) is 0 Å². The Labute approximate surface area is 140 Å². The van der Waals surface area contributed by atoms with Crippen molar-refractivity contribution in [2.24, 2.45) is 0 Å². The van der Waals surface area contributed by atoms with E-state index in [-0.39, 0.29) is 17.7 Å². The molecular weight excluding hydrogens is 335 g/mol. The predicted molar refractivity (Wildman–Crippen MR) is 87.9 cm³/mol. The normalized spacial score (nSPS) is 10.3. The van der Waals surface area contributed by atoms with E-state index in [1.807, 2.05) is 13.0 Å². The summed E-state index contributed by atoms with van der Waals surface area (Å²) in [6.07, 6.45) is 3.83. The van der Waals surface area contributed by atoms with Crippen LogP contribution >= 0.6 is 34.8 Å². The maximum absolute atomic E-state index is 8.75. The monoisotopic (exact) mass is 352 g/mol. The second kappa shape index (κ2) is 10.2. The minimum atomic E-state index is 0.167. The molecule has 1 aromatic rings. The predicted octanol–water partition coefficient (Wildman–Crippen LogP) is 4.75. The van der Waals surface area contributed by atoms with Gasteiger partial charge in [0.05, 0.1) is 11.6 Å². The third-order valence-corrected chi connectivity index (χ3v) is 3.35. The topological polar surface area (TPSA) is 38.7 Å². The zero-order chi connectivity index (χ0) is 15.7. The van der Waals surface area contributed by atoms with Crippen molar-refractivity contribution in [3.05, 3.63) is 33.3 Å². The highest BCUT2D eigenvalue weighted by Crippen LogP contribution is 2.34. The van der Waals surface area contributed by atoms with Gasteiger partial charge in [-0.3, -0.25) is 0 Å². The number of rotatable bonds is 9. The first-order valence-corrected chi connectivity index (χ1v) is 7.91. The van der Waals surface area contributed by atoms with Crippen LogP contribution in [0.5, 0.6) is 11.5 Å². The maximum atomic E-state index is 8.75. The van der Waals surface area contributed by atoms with Crippen molar-refractivity contribution in [3.8, 4) is 11.5 Å². The lowest BCUT2D eigenvalue weighted by molar-refractivity contribution is 0.252. The lowest BCUT2D eigenvalue weighted by Crippen LogP contribution is -2.03. The van der Waals surface area contributed by atoms with E-state index in [2.05, 4.69) is 0 Å². The molecule has 0 fully saturated rings. The molecule has 118 valence electrons. The molecular formula is C15H19Cl3O3. The Bertz CT molecular complexity index is 471. The second-order valence-corrected chi connectivity index (χ2v) is 5.75. The summed E-state index contributed by atoms with van der Waals surface area (Å²) in [7, 11) is 0. The molecule has 0 atom stereocenters. The number of ether oxygens (including phenoxy) is 2. The van der Waals surface area contributed by atoms with Gasteiger partial charge >= 0.3 is 0 Å². The molecule has 0 radical (unpaired) electrons. The Morgan fingerprint density at radius 2 is 2.00 bits per heavy atom. The summed E-state index contributed by atoms with van der Waals surface area (Å²) in [4.78, 5) is 0. The summed E-state index contributed by atoms with van der Waals surface area (Å²) in [5, 5.41) is 9.26. The van der Waals surface area contributed by atoms with E-state index in [9.17, 15) is 0 Å². The Balaban J connectivity index is 2.74. The van der Waals surface area contributed by atoms with Crippen LogP contribution in [0.3, 0.4) is 0 Å². The number of benzene rings is 1. The fourth-order valence-electron chi connectivity index (χ4n) is 1.72. The van der Waals surface area contributed by atoms with Gasteiger partial charge in [-0.1, -0.05) is 41.7 Å². The largest absolute Gasteiger partial charge is 0.492 e. The van der Waals surface area contributed by atoms with Crippen LogP contribution < -0.4 is 9.47 Å². The van der Waals surface area contributed by atoms with Gasteiger partial charge in [0.2, 0.25) is 0 Å². The third kappa shape index (κ3) is 6.79. The van der Waals surface area contributed by atoms with E-state index < -0.39 is 0 Å². The lowest BCUT2D eigenvalue weighted by atomic mass is 10.1. The van der Waals surface area contributed by atoms with Crippen LogP contribution in [0.25, 0.3) is 0 Å². The summed E-state index contributed by atoms with van der Waals surface area (Å²) in [6, 6.07) is 3.60. The van der Waals surface area contributed by atoms with Crippen LogP contribution in [0.2, 0.25) is 5.02 Å². The molecule has 0 heterocycles. The Morgan fingerprint density at radius 1 is 1.24 bits per heavy atom. The number of aliphatic hydroxyl groups excluding tert-OH is 1. The Morgan fingerprint density at radius 3 is 2.62 bits per heavy atom. The molecule has 0 spiro atoms. The van der Waals surface area contributed by atoms with E-state index in [0.717, 1.165) is 18.4 Å². The molecule has 0 saturated carbocycles. The van der Waals surface area contributed by atoms with Crippen molar-refractivity contribution in [2.75, 3.05) is 19.8 Å². The SMILES string of the molecule is CCc1cc(OCC=C(Cl)Cl)cc(Cl)c1OCCCCO. The average molecular weight is 354 g/mol. The van der Waals surface area contributed by atoms with E-state index in [1.54, 1.807) is 12.1 Å². The van der Waals surface area contributed by atoms with Gasteiger partial charge in [-0.25, -0.2) is 0 Å². The van der Waals surface area contributed by atoms with E-state index in [4.69, 9.17) is 49.4 Å². The summed E-state index contributed by atoms with van der Waals surface area (Å²) in [5.74, 6) is 1.32. The number of aryl methyl sites for hydroxylation is 1. The molecule has 0 amide bonds. The molecule has 0 aliphatic rings. The molecule has 0 aromatic heterocycles. The quantitative estimate of drug-likeness (QED) is 0.651. The first-order valence-electron chi connectivity index (χ1n) is 6.78. The van der Waals surface area contributed by atoms with E-state index >= 15 is 0 Å². The first-order chi connectivity index (χ1) is 10.1. The standard InChI is InChI=1S/C15H19Cl3O3/c1-2-11-9-12(20-8-5-14(17)18)10-13(16)15(11)21-7-4-3-6-19/h5,9-10,19H,2-4,6-8H2,1H3. The molecule has 21 heavy (non-hydrogen) atoms. The van der Waals surface area contributed by atoms with Crippen LogP contribution in [0.4, 0.5) is 0 Å². The van der Waals surface area contributed by atoms with Crippen LogP contribution in [0.15, 0.2) is 22.7 Å². The number of unbranched alkanes of at least 4 members (excludes halogenated alkanes) is 1. The molecule has 0 aliphatic carbocycles. The van der Waals surface area contributed by atoms with Gasteiger partial charge in [-0.05, 0) is 37.0 Å². The van der Waals surface area contributed by atoms with Crippen molar-refractivity contribution < 1.29 is 14.6 Å². The number of hydrogen-bond acceptors (Lipinski definition) is 3. The highest BCUT2D eigenvalue weighted by Gasteiger charge is 2.10. The Kier molecular flexibility index (Phi) is 8.93. The minimum Gasteiger partial charge on any atom is -0.492 e. The average Bonchev–Trinajstić information content (AvgIpc) is 2.44. The van der Waals surface area contributed by atoms with Crippen LogP contribution in [-0.4, -0.2) is 24.9 Å². The fourth-order valence-corrected chi connectivity index (χ4v) is 2.13. The smallest absolute Gasteiger partial charge is 0.141 e. The van der Waals surface area contributed by atoms with Gasteiger partial charge in [0.15, 0.2) is 0 Å². The molecule has 0 saturated heterocycles. The van der Waals surface area contributed by atoms with E-state index in [1.165, 1.54) is 0 Å². The van der Waals surface area contributed by atoms with Crippen LogP contribution in [0.1, 0.15) is 25.3 Å². The molecule has 0 bridgehead atoms. The molecule has 0 unspecified atom stereocenters. The lowest BCUT2D eigenvalue weighted by Gasteiger charge is -2.14. The van der Waals surface area contributed by atoms with Crippen LogP contribution in [0, 0.1) is 0 Å². The number of aliphatic hydroxyl groups is 1. The number of halogens is 3.